The Morgan fingerprint density at radius 1 is 1.44 bits per heavy atom. The average molecular weight is 248 g/mol. The molecule has 1 aromatic rings. The number of rotatable bonds is 6. The number of aromatic carboxylic acids is 1. The number of benzene rings is 1. The fourth-order valence-electron chi connectivity index (χ4n) is 1.58. The third-order valence-electron chi connectivity index (χ3n) is 2.84. The lowest BCUT2D eigenvalue weighted by atomic mass is 10.0. The van der Waals surface area contributed by atoms with E-state index in [9.17, 15) is 4.79 Å². The van der Waals surface area contributed by atoms with Gasteiger partial charge in [-0.1, -0.05) is 19.4 Å². The van der Waals surface area contributed by atoms with Crippen LogP contribution in [0.5, 0.6) is 5.75 Å². The highest BCUT2D eigenvalue weighted by molar-refractivity contribution is 5.89. The quantitative estimate of drug-likeness (QED) is 0.774. The standard InChI is InChI=1S/C15H20O3/c1-4-6-9-18-14-8-7-12(15(16)17)10-13(14)11(3)5-2/h5,7-8,10H,4,6,9H2,1-3H3,(H,16,17)/b11-5-. The SMILES string of the molecule is C/C=C(/C)c1cc(C(=O)O)ccc1OCCCC. The van der Waals surface area contributed by atoms with E-state index >= 15 is 0 Å². The maximum Gasteiger partial charge on any atom is 0.335 e. The molecule has 0 saturated heterocycles. The number of hydrogen-bond acceptors (Lipinski definition) is 2. The Morgan fingerprint density at radius 3 is 2.72 bits per heavy atom. The van der Waals surface area contributed by atoms with Crippen LogP contribution in [0.2, 0.25) is 0 Å². The molecule has 18 heavy (non-hydrogen) atoms. The van der Waals surface area contributed by atoms with Gasteiger partial charge in [-0.15, -0.1) is 0 Å². The molecule has 1 N–H and O–H groups in total. The maximum absolute atomic E-state index is 11.0. The van der Waals surface area contributed by atoms with Crippen LogP contribution >= 0.6 is 0 Å². The van der Waals surface area contributed by atoms with Crippen LogP contribution in [0.15, 0.2) is 24.3 Å². The summed E-state index contributed by atoms with van der Waals surface area (Å²) in [5, 5.41) is 9.01. The Morgan fingerprint density at radius 2 is 2.17 bits per heavy atom. The van der Waals surface area contributed by atoms with E-state index < -0.39 is 5.97 Å². The zero-order valence-electron chi connectivity index (χ0n) is 11.2. The molecule has 0 atom stereocenters. The van der Waals surface area contributed by atoms with Crippen LogP contribution in [0.3, 0.4) is 0 Å². The molecule has 98 valence electrons. The van der Waals surface area contributed by atoms with Crippen molar-refractivity contribution >= 4 is 11.5 Å². The van der Waals surface area contributed by atoms with Gasteiger partial charge in [0.1, 0.15) is 5.75 Å². The van der Waals surface area contributed by atoms with E-state index in [0.29, 0.717) is 6.61 Å². The van der Waals surface area contributed by atoms with Crippen LogP contribution < -0.4 is 4.74 Å². The van der Waals surface area contributed by atoms with Crippen LogP contribution in [0.4, 0.5) is 0 Å². The number of carboxylic acids is 1. The largest absolute Gasteiger partial charge is 0.493 e. The Hall–Kier alpha value is -1.77. The summed E-state index contributed by atoms with van der Waals surface area (Å²) >= 11 is 0. The Kier molecular flexibility index (Phi) is 5.43. The Labute approximate surface area is 108 Å². The number of allylic oxidation sites excluding steroid dienone is 2. The van der Waals surface area contributed by atoms with Gasteiger partial charge in [0.15, 0.2) is 0 Å². The van der Waals surface area contributed by atoms with Crippen molar-refractivity contribution in [1.29, 1.82) is 0 Å². The van der Waals surface area contributed by atoms with Crippen LogP contribution in [0.1, 0.15) is 49.5 Å². The molecule has 0 unspecified atom stereocenters. The summed E-state index contributed by atoms with van der Waals surface area (Å²) in [7, 11) is 0. The molecular weight excluding hydrogens is 228 g/mol. The average Bonchev–Trinajstić information content (AvgIpc) is 2.38. The highest BCUT2D eigenvalue weighted by Crippen LogP contribution is 2.27. The summed E-state index contributed by atoms with van der Waals surface area (Å²) in [6, 6.07) is 4.98. The Balaban J connectivity index is 3.05. The second kappa shape index (κ2) is 6.84. The lowest BCUT2D eigenvalue weighted by Gasteiger charge is -2.12. The lowest BCUT2D eigenvalue weighted by Crippen LogP contribution is -2.02. The molecule has 0 spiro atoms. The van der Waals surface area contributed by atoms with Crippen molar-refractivity contribution in [1.82, 2.24) is 0 Å². The van der Waals surface area contributed by atoms with Gasteiger partial charge >= 0.3 is 5.97 Å². The van der Waals surface area contributed by atoms with Gasteiger partial charge in [0.2, 0.25) is 0 Å². The first-order valence-corrected chi connectivity index (χ1v) is 6.23. The van der Waals surface area contributed by atoms with Gasteiger partial charge < -0.3 is 9.84 Å². The van der Waals surface area contributed by atoms with Crippen molar-refractivity contribution < 1.29 is 14.6 Å². The van der Waals surface area contributed by atoms with Gasteiger partial charge in [0.25, 0.3) is 0 Å². The number of hydrogen-bond donors (Lipinski definition) is 1. The number of ether oxygens (including phenoxy) is 1. The molecule has 0 heterocycles. The van der Waals surface area contributed by atoms with Crippen molar-refractivity contribution in [2.45, 2.75) is 33.6 Å². The molecule has 0 radical (unpaired) electrons. The smallest absolute Gasteiger partial charge is 0.335 e. The summed E-state index contributed by atoms with van der Waals surface area (Å²) in [4.78, 5) is 11.0. The summed E-state index contributed by atoms with van der Waals surface area (Å²) < 4.78 is 5.70. The van der Waals surface area contributed by atoms with Crippen LogP contribution in [-0.4, -0.2) is 17.7 Å². The van der Waals surface area contributed by atoms with E-state index in [1.54, 1.807) is 18.2 Å². The molecule has 0 fully saturated rings. The van der Waals surface area contributed by atoms with Gasteiger partial charge in [0.05, 0.1) is 12.2 Å². The molecular formula is C15H20O3. The number of carbonyl (C=O) groups is 1. The third-order valence-corrected chi connectivity index (χ3v) is 2.84. The first-order valence-electron chi connectivity index (χ1n) is 6.23. The van der Waals surface area contributed by atoms with Crippen molar-refractivity contribution in [3.05, 3.63) is 35.4 Å². The van der Waals surface area contributed by atoms with E-state index in [2.05, 4.69) is 6.92 Å². The van der Waals surface area contributed by atoms with E-state index in [-0.39, 0.29) is 5.56 Å². The van der Waals surface area contributed by atoms with Crippen molar-refractivity contribution in [3.63, 3.8) is 0 Å². The normalized spacial score (nSPS) is 11.4. The Bertz CT molecular complexity index is 447. The maximum atomic E-state index is 11.0. The van der Waals surface area contributed by atoms with E-state index in [1.807, 2.05) is 19.9 Å². The molecule has 3 heteroatoms. The fourth-order valence-corrected chi connectivity index (χ4v) is 1.58. The van der Waals surface area contributed by atoms with E-state index in [0.717, 1.165) is 29.7 Å². The second-order valence-corrected chi connectivity index (χ2v) is 4.19. The van der Waals surface area contributed by atoms with Crippen LogP contribution in [0, 0.1) is 0 Å². The monoisotopic (exact) mass is 248 g/mol. The second-order valence-electron chi connectivity index (χ2n) is 4.19. The van der Waals surface area contributed by atoms with Gasteiger partial charge in [0, 0.05) is 5.56 Å². The molecule has 1 rings (SSSR count). The molecule has 1 aromatic carbocycles. The summed E-state index contributed by atoms with van der Waals surface area (Å²) in [6.07, 6.45) is 4.02. The predicted molar refractivity (Wildman–Crippen MR) is 73.1 cm³/mol. The van der Waals surface area contributed by atoms with Crippen LogP contribution in [-0.2, 0) is 0 Å². The summed E-state index contributed by atoms with van der Waals surface area (Å²) in [6.45, 7) is 6.65. The number of unbranched alkanes of at least 4 members (excludes halogenated alkanes) is 1. The zero-order valence-corrected chi connectivity index (χ0v) is 11.2. The van der Waals surface area contributed by atoms with Crippen molar-refractivity contribution in [3.8, 4) is 5.75 Å². The minimum atomic E-state index is -0.916. The van der Waals surface area contributed by atoms with Gasteiger partial charge in [-0.2, -0.15) is 0 Å². The summed E-state index contributed by atoms with van der Waals surface area (Å²) in [5.74, 6) is -0.163. The molecule has 0 aliphatic rings. The highest BCUT2D eigenvalue weighted by atomic mass is 16.5. The number of carboxylic acid groups (broad SMARTS) is 1. The molecule has 0 amide bonds. The molecule has 0 saturated carbocycles. The zero-order chi connectivity index (χ0) is 13.5. The topological polar surface area (TPSA) is 46.5 Å². The third kappa shape index (κ3) is 3.62. The highest BCUT2D eigenvalue weighted by Gasteiger charge is 2.10. The van der Waals surface area contributed by atoms with Crippen molar-refractivity contribution in [2.24, 2.45) is 0 Å². The minimum Gasteiger partial charge on any atom is -0.493 e. The fraction of sp³-hybridized carbons (Fsp3) is 0.400. The molecule has 0 aromatic heterocycles. The van der Waals surface area contributed by atoms with Crippen LogP contribution in [0.25, 0.3) is 5.57 Å². The first kappa shape index (κ1) is 14.3. The molecule has 0 aliphatic heterocycles. The summed E-state index contributed by atoms with van der Waals surface area (Å²) in [5.41, 5.74) is 2.16. The molecule has 0 aliphatic carbocycles. The van der Waals surface area contributed by atoms with Gasteiger partial charge in [-0.05, 0) is 44.0 Å². The van der Waals surface area contributed by atoms with Gasteiger partial charge in [-0.3, -0.25) is 0 Å². The van der Waals surface area contributed by atoms with Crippen molar-refractivity contribution in [2.75, 3.05) is 6.61 Å². The van der Waals surface area contributed by atoms with Gasteiger partial charge in [-0.25, -0.2) is 4.79 Å². The predicted octanol–water partition coefficient (Wildman–Crippen LogP) is 3.99. The van der Waals surface area contributed by atoms with E-state index in [4.69, 9.17) is 9.84 Å². The van der Waals surface area contributed by atoms with E-state index in [1.165, 1.54) is 0 Å². The lowest BCUT2D eigenvalue weighted by molar-refractivity contribution is 0.0697. The molecule has 0 bridgehead atoms. The first-order chi connectivity index (χ1) is 8.60. The molecule has 3 nitrogen and oxygen atoms in total. The minimum absolute atomic E-state index is 0.286.